The second kappa shape index (κ2) is 8.90. The fourth-order valence-corrected chi connectivity index (χ4v) is 5.13. The minimum absolute atomic E-state index is 0.313. The van der Waals surface area contributed by atoms with E-state index in [9.17, 15) is 18.3 Å². The zero-order valence-corrected chi connectivity index (χ0v) is 20.1. The van der Waals surface area contributed by atoms with Crippen molar-refractivity contribution in [3.8, 4) is 0 Å². The van der Waals surface area contributed by atoms with E-state index in [1.165, 1.54) is 19.8 Å². The molecule has 3 N–H and O–H groups in total. The molecule has 2 aromatic rings. The Hall–Kier alpha value is -2.72. The lowest BCUT2D eigenvalue weighted by atomic mass is 9.93. The van der Waals surface area contributed by atoms with Crippen LogP contribution in [-0.4, -0.2) is 54.3 Å². The number of aryl methyl sites for hydroxylation is 2. The van der Waals surface area contributed by atoms with Crippen molar-refractivity contribution in [2.24, 2.45) is 5.41 Å². The molecule has 1 aliphatic heterocycles. The van der Waals surface area contributed by atoms with Gasteiger partial charge in [0.1, 0.15) is 16.9 Å². The number of hydrogen-bond donors (Lipinski definition) is 3. The molecule has 1 saturated heterocycles. The molecule has 9 nitrogen and oxygen atoms in total. The molecule has 0 radical (unpaired) electrons. The molecule has 2 fully saturated rings. The van der Waals surface area contributed by atoms with Crippen molar-refractivity contribution in [3.05, 3.63) is 41.3 Å². The molecule has 1 aromatic heterocycles. The topological polar surface area (TPSA) is 125 Å². The second-order valence-corrected chi connectivity index (χ2v) is 11.4. The van der Waals surface area contributed by atoms with Crippen LogP contribution in [0, 0.1) is 19.3 Å². The van der Waals surface area contributed by atoms with E-state index in [0.29, 0.717) is 34.0 Å². The third kappa shape index (κ3) is 5.27. The summed E-state index contributed by atoms with van der Waals surface area (Å²) in [5, 5.41) is 11.2. The van der Waals surface area contributed by atoms with E-state index in [-0.39, 0.29) is 5.91 Å². The highest BCUT2D eigenvalue weighted by Gasteiger charge is 2.44. The maximum atomic E-state index is 13.2. The lowest BCUT2D eigenvalue weighted by molar-refractivity contribution is 0.102. The van der Waals surface area contributed by atoms with Crippen molar-refractivity contribution in [1.82, 2.24) is 9.97 Å². The lowest BCUT2D eigenvalue weighted by Crippen LogP contribution is -2.36. The summed E-state index contributed by atoms with van der Waals surface area (Å²) >= 11 is 0. The number of carbonyl (C=O) groups excluding carboxylic acids is 1. The van der Waals surface area contributed by atoms with Gasteiger partial charge in [0.25, 0.3) is 5.91 Å². The number of nitrogens with zero attached hydrogens (tertiary/aromatic N) is 3. The normalized spacial score (nSPS) is 18.1. The number of benzene rings is 1. The Morgan fingerprint density at radius 3 is 2.45 bits per heavy atom. The highest BCUT2D eigenvalue weighted by Crippen LogP contribution is 2.54. The van der Waals surface area contributed by atoms with E-state index < -0.39 is 21.9 Å². The molecule has 2 heterocycles. The average Bonchev–Trinajstić information content (AvgIpc) is 3.51. The summed E-state index contributed by atoms with van der Waals surface area (Å²) in [6, 6.07) is 6.62. The fourth-order valence-electron chi connectivity index (χ4n) is 4.28. The summed E-state index contributed by atoms with van der Waals surface area (Å²) in [5.41, 5.74) is 2.72. The number of nitrogens with one attached hydrogen (secondary N) is 2. The summed E-state index contributed by atoms with van der Waals surface area (Å²) in [4.78, 5) is 23.9. The summed E-state index contributed by atoms with van der Waals surface area (Å²) in [5.74, 6) is 0.680. The molecule has 4 rings (SSSR count). The third-order valence-electron chi connectivity index (χ3n) is 6.62. The van der Waals surface area contributed by atoms with Crippen LogP contribution in [0.3, 0.4) is 0 Å². The summed E-state index contributed by atoms with van der Waals surface area (Å²) in [6.45, 7) is 6.20. The second-order valence-electron chi connectivity index (χ2n) is 9.26. The zero-order chi connectivity index (χ0) is 23.8. The minimum Gasteiger partial charge on any atom is -0.395 e. The molecule has 1 spiro atoms. The first-order chi connectivity index (χ1) is 15.6. The quantitative estimate of drug-likeness (QED) is 0.565. The van der Waals surface area contributed by atoms with Gasteiger partial charge in [0.2, 0.25) is 10.0 Å². The van der Waals surface area contributed by atoms with Gasteiger partial charge < -0.3 is 15.3 Å². The van der Waals surface area contributed by atoms with Crippen molar-refractivity contribution >= 4 is 33.1 Å². The number of carbonyl (C=O) groups is 1. The molecular weight excluding hydrogens is 442 g/mol. The average molecular weight is 474 g/mol. The number of aliphatic hydroxyl groups is 1. The Balaban J connectivity index is 1.64. The monoisotopic (exact) mass is 473 g/mol. The highest BCUT2D eigenvalue weighted by atomic mass is 32.2. The number of rotatable bonds is 7. The van der Waals surface area contributed by atoms with Crippen LogP contribution in [0.4, 0.5) is 17.2 Å². The van der Waals surface area contributed by atoms with Gasteiger partial charge >= 0.3 is 0 Å². The van der Waals surface area contributed by atoms with E-state index in [1.54, 1.807) is 31.2 Å². The number of hydrogen-bond acceptors (Lipinski definition) is 7. The maximum absolute atomic E-state index is 13.2. The fraction of sp³-hybridized carbons (Fsp3) is 0.522. The first-order valence-electron chi connectivity index (χ1n) is 11.3. The molecule has 0 bridgehead atoms. The Morgan fingerprint density at radius 1 is 1.15 bits per heavy atom. The summed E-state index contributed by atoms with van der Waals surface area (Å²) in [6.07, 6.45) is 4.66. The largest absolute Gasteiger partial charge is 0.395 e. The molecule has 1 saturated carbocycles. The van der Waals surface area contributed by atoms with Gasteiger partial charge in [-0.05, 0) is 70.1 Å². The Kier molecular flexibility index (Phi) is 6.32. The first-order valence-corrected chi connectivity index (χ1v) is 12.8. The van der Waals surface area contributed by atoms with Crippen LogP contribution in [0.5, 0.6) is 0 Å². The first kappa shape index (κ1) is 23.4. The molecular formula is C23H31N5O4S. The molecule has 10 heteroatoms. The third-order valence-corrected chi connectivity index (χ3v) is 8.35. The number of sulfonamides is 1. The van der Waals surface area contributed by atoms with Gasteiger partial charge in [-0.1, -0.05) is 0 Å². The van der Waals surface area contributed by atoms with Crippen molar-refractivity contribution in [2.75, 3.05) is 34.6 Å². The van der Waals surface area contributed by atoms with E-state index in [1.807, 2.05) is 6.92 Å². The molecule has 1 amide bonds. The predicted octanol–water partition coefficient (Wildman–Crippen LogP) is 2.85. The molecule has 1 aliphatic carbocycles. The summed E-state index contributed by atoms with van der Waals surface area (Å²) < 4.78 is 27.5. The van der Waals surface area contributed by atoms with E-state index >= 15 is 0 Å². The van der Waals surface area contributed by atoms with Crippen LogP contribution in [0.2, 0.25) is 0 Å². The molecule has 178 valence electrons. The smallest absolute Gasteiger partial charge is 0.258 e. The predicted molar refractivity (Wildman–Crippen MR) is 128 cm³/mol. The maximum Gasteiger partial charge on any atom is 0.258 e. The zero-order valence-electron chi connectivity index (χ0n) is 19.3. The highest BCUT2D eigenvalue weighted by molar-refractivity contribution is 7.93. The van der Waals surface area contributed by atoms with Crippen LogP contribution in [0.15, 0.2) is 24.3 Å². The van der Waals surface area contributed by atoms with Gasteiger partial charge in [-0.15, -0.1) is 0 Å². The number of amides is 1. The van der Waals surface area contributed by atoms with Crippen LogP contribution in [0.25, 0.3) is 0 Å². The van der Waals surface area contributed by atoms with Crippen LogP contribution < -0.4 is 14.9 Å². The Morgan fingerprint density at radius 2 is 1.85 bits per heavy atom. The van der Waals surface area contributed by atoms with Gasteiger partial charge in [0.05, 0.1) is 23.5 Å². The molecule has 1 aromatic carbocycles. The van der Waals surface area contributed by atoms with Gasteiger partial charge in [-0.3, -0.25) is 9.52 Å². The SMILES string of the molecule is Cc1cc(NC(=O)c2ccc(NS(=O)(=O)[C@H](C)CO)cc2N2CCC3(CC2)CC3)nc(C)n1. The van der Waals surface area contributed by atoms with E-state index in [4.69, 9.17) is 0 Å². The van der Waals surface area contributed by atoms with Gasteiger partial charge in [0, 0.05) is 24.8 Å². The number of aliphatic hydroxyl groups excluding tert-OH is 1. The molecule has 0 unspecified atom stereocenters. The Labute approximate surface area is 194 Å². The van der Waals surface area contributed by atoms with Crippen molar-refractivity contribution < 1.29 is 18.3 Å². The van der Waals surface area contributed by atoms with Gasteiger partial charge in [-0.25, -0.2) is 18.4 Å². The minimum atomic E-state index is -3.75. The van der Waals surface area contributed by atoms with Crippen molar-refractivity contribution in [2.45, 2.75) is 51.7 Å². The Bertz CT molecular complexity index is 1130. The van der Waals surface area contributed by atoms with Crippen LogP contribution >= 0.6 is 0 Å². The van der Waals surface area contributed by atoms with E-state index in [0.717, 1.165) is 31.6 Å². The van der Waals surface area contributed by atoms with E-state index in [2.05, 4.69) is 24.9 Å². The van der Waals surface area contributed by atoms with Crippen molar-refractivity contribution in [3.63, 3.8) is 0 Å². The summed E-state index contributed by atoms with van der Waals surface area (Å²) in [7, 11) is -3.75. The molecule has 1 atom stereocenters. The van der Waals surface area contributed by atoms with Crippen LogP contribution in [-0.2, 0) is 10.0 Å². The number of piperidine rings is 1. The van der Waals surface area contributed by atoms with Gasteiger partial charge in [-0.2, -0.15) is 0 Å². The van der Waals surface area contributed by atoms with Crippen molar-refractivity contribution in [1.29, 1.82) is 0 Å². The lowest BCUT2D eigenvalue weighted by Gasteiger charge is -2.35. The standard InChI is InChI=1S/C23H31N5O4S/c1-15-12-21(25-17(3)24-15)26-22(30)19-5-4-18(27-33(31,32)16(2)14-29)13-20(19)28-10-8-23(6-7-23)9-11-28/h4-5,12-13,16,27,29H,6-11,14H2,1-3H3,(H,24,25,26,30)/t16-/m1/s1. The molecule has 2 aliphatic rings. The number of aromatic nitrogens is 2. The number of anilines is 3. The van der Waals surface area contributed by atoms with Crippen LogP contribution in [0.1, 0.15) is 54.5 Å². The van der Waals surface area contributed by atoms with Gasteiger partial charge in [0.15, 0.2) is 0 Å². The molecule has 33 heavy (non-hydrogen) atoms.